The van der Waals surface area contributed by atoms with Crippen LogP contribution in [0.4, 0.5) is 22.0 Å². The summed E-state index contributed by atoms with van der Waals surface area (Å²) in [5, 5.41) is 18.9. The number of aliphatic hydroxyl groups excluding tert-OH is 1. The SMILES string of the molecule is BrCc1ccccc1.C.Fc1ccc(Br)c(OCc2ccccc2)c1.Fc1ccc(CCl)c(OCc2ccccc2)c1.O=Cc1ccc(F)cc1OCc1ccccc1.O=S(Cl)Cl.OCc1ccc(F)cc1OCc1ccccc1.Oc1cc(F)ccc1Br.[B].[H-].[Na+]. The average molecular weight is 1530 g/mol. The van der Waals surface area contributed by atoms with Gasteiger partial charge in [-0.25, -0.2) is 26.2 Å². The van der Waals surface area contributed by atoms with Gasteiger partial charge in [0.2, 0.25) is 9.23 Å². The van der Waals surface area contributed by atoms with Crippen molar-refractivity contribution in [2.75, 3.05) is 0 Å². The molecule has 0 aliphatic rings. The largest absolute Gasteiger partial charge is 1.00 e. The van der Waals surface area contributed by atoms with Gasteiger partial charge in [-0.3, -0.25) is 4.79 Å². The van der Waals surface area contributed by atoms with Crippen LogP contribution >= 0.6 is 80.8 Å². The summed E-state index contributed by atoms with van der Waals surface area (Å²) in [5.74, 6) is 0.0699. The van der Waals surface area contributed by atoms with Gasteiger partial charge in [0.15, 0.2) is 6.29 Å². The molecule has 91 heavy (non-hydrogen) atoms. The van der Waals surface area contributed by atoms with E-state index in [2.05, 4.69) is 81.3 Å². The number of rotatable bonds is 16. The molecule has 473 valence electrons. The Morgan fingerprint density at radius 1 is 0.451 bits per heavy atom. The fourth-order valence-corrected chi connectivity index (χ4v) is 8.08. The minimum absolute atomic E-state index is 0. The molecule has 0 amide bonds. The van der Waals surface area contributed by atoms with Gasteiger partial charge in [0, 0.05) is 76.6 Å². The van der Waals surface area contributed by atoms with Crippen LogP contribution in [0.3, 0.4) is 0 Å². The van der Waals surface area contributed by atoms with Gasteiger partial charge in [-0.2, -0.15) is 0 Å². The van der Waals surface area contributed by atoms with Crippen molar-refractivity contribution in [3.63, 3.8) is 0 Å². The van der Waals surface area contributed by atoms with E-state index in [1.54, 1.807) is 12.1 Å². The number of benzene rings is 10. The van der Waals surface area contributed by atoms with E-state index in [0.717, 1.165) is 43.7 Å². The van der Waals surface area contributed by atoms with Gasteiger partial charge >= 0.3 is 29.6 Å². The predicted molar refractivity (Wildman–Crippen MR) is 366 cm³/mol. The van der Waals surface area contributed by atoms with Gasteiger partial charge in [-0.15, -0.1) is 11.6 Å². The smallest absolute Gasteiger partial charge is 1.00 e. The van der Waals surface area contributed by atoms with Crippen LogP contribution in [0.15, 0.2) is 252 Å². The molecule has 8 nitrogen and oxygen atoms in total. The number of alkyl halides is 2. The van der Waals surface area contributed by atoms with Gasteiger partial charge in [0.25, 0.3) is 0 Å². The van der Waals surface area contributed by atoms with Gasteiger partial charge in [-0.1, -0.05) is 187 Å². The summed E-state index contributed by atoms with van der Waals surface area (Å²) in [6.45, 7) is 1.35. The number of carbonyl (C=O) groups is 1. The van der Waals surface area contributed by atoms with Crippen molar-refractivity contribution < 1.29 is 91.1 Å². The number of aromatic hydroxyl groups is 1. The molecule has 3 radical (unpaired) electrons. The second-order valence-electron chi connectivity index (χ2n) is 17.7. The van der Waals surface area contributed by atoms with Crippen LogP contribution < -0.4 is 48.5 Å². The Balaban J connectivity index is 0.00000108. The minimum atomic E-state index is -1.67. The maximum Gasteiger partial charge on any atom is 1.00 e. The Morgan fingerprint density at radius 2 is 0.747 bits per heavy atom. The van der Waals surface area contributed by atoms with Gasteiger partial charge in [-0.05, 0) is 108 Å². The van der Waals surface area contributed by atoms with Crippen molar-refractivity contribution in [1.29, 1.82) is 0 Å². The van der Waals surface area contributed by atoms with Crippen molar-refractivity contribution in [2.45, 2.75) is 51.7 Å². The quantitative estimate of drug-likeness (QED) is 0.0324. The third-order valence-corrected chi connectivity index (χ3v) is 13.5. The molecule has 0 aromatic heterocycles. The molecule has 0 aliphatic heterocycles. The molecule has 0 heterocycles. The molecule has 0 saturated heterocycles. The topological polar surface area (TPSA) is 112 Å². The van der Waals surface area contributed by atoms with E-state index in [1.165, 1.54) is 78.4 Å². The van der Waals surface area contributed by atoms with Gasteiger partial charge < -0.3 is 30.6 Å². The molecule has 0 unspecified atom stereocenters. The molecular formula is C69H62BBr3Cl3F5NaO8S. The van der Waals surface area contributed by atoms with Crippen LogP contribution in [0.5, 0.6) is 28.7 Å². The molecule has 10 aromatic carbocycles. The van der Waals surface area contributed by atoms with Crippen LogP contribution in [0, 0.1) is 29.1 Å². The number of aldehydes is 1. The molecule has 0 atom stereocenters. The predicted octanol–water partition coefficient (Wildman–Crippen LogP) is 17.7. The number of aliphatic hydroxyl groups is 1. The van der Waals surface area contributed by atoms with Crippen LogP contribution in [0.1, 0.15) is 58.2 Å². The molecule has 0 saturated carbocycles. The monoisotopic (exact) mass is 1520 g/mol. The summed E-state index contributed by atoms with van der Waals surface area (Å²) < 4.78 is 96.6. The van der Waals surface area contributed by atoms with Crippen LogP contribution in [-0.4, -0.2) is 29.1 Å². The normalized spacial score (nSPS) is 9.59. The second kappa shape index (κ2) is 48.7. The standard InChI is InChI=1S/C14H12ClFO.C14H13FO2.C14H11FO2.C13H10BrFO.C7H7Br.C6H4BrFO.CH4.B.Cl2OS.Na.H/c15-9-12-6-7-13(16)8-14(12)17-10-11-4-2-1-3-5-11;2*15-13-7-6-12(9-16)14(8-13)17-10-11-4-2-1-3-5-11;14-12-7-6-11(15)8-13(12)16-9-10-4-2-1-3-5-10;8-6-7-4-2-1-3-5-7;7-5-2-1-4(8)3-6(5)9;;;1-4(2)3;;/h1-8H,9-10H2;1-8,16H,9-10H2;1-9H,10H2;1-8H,9H2;1-5H,6H2;1-3,9H;1H4;;;;/q;;;;;;;;;+1;-1. The number of carbonyl (C=O) groups excluding carboxylic acids is 1. The maximum atomic E-state index is 13.1. The number of halogens is 11. The first-order valence-electron chi connectivity index (χ1n) is 26.1. The molecule has 22 heteroatoms. The molecule has 0 spiro atoms. The van der Waals surface area contributed by atoms with E-state index in [-0.39, 0.29) is 82.4 Å². The van der Waals surface area contributed by atoms with Gasteiger partial charge in [0.05, 0.1) is 27.0 Å². The van der Waals surface area contributed by atoms with Crippen molar-refractivity contribution in [3.05, 3.63) is 325 Å². The number of hydrogen-bond acceptors (Lipinski definition) is 8. The molecule has 0 aliphatic carbocycles. The molecule has 10 rings (SSSR count). The maximum absolute atomic E-state index is 13.1. The Morgan fingerprint density at radius 3 is 1.09 bits per heavy atom. The van der Waals surface area contributed by atoms with E-state index in [0.29, 0.717) is 71.4 Å². The zero-order chi connectivity index (χ0) is 63.9. The number of phenols is 1. The van der Waals surface area contributed by atoms with Crippen LogP contribution in [0.2, 0.25) is 0 Å². The van der Waals surface area contributed by atoms with Crippen LogP contribution in [-0.2, 0) is 53.5 Å². The molecule has 0 fully saturated rings. The summed E-state index contributed by atoms with van der Waals surface area (Å²) in [5.41, 5.74) is 7.12. The molecule has 0 bridgehead atoms. The van der Waals surface area contributed by atoms with Crippen molar-refractivity contribution >= 4 is 105 Å². The fraction of sp³-hybridized carbons (Fsp3) is 0.116. The molecular weight excluding hydrogens is 1460 g/mol. The first-order chi connectivity index (χ1) is 42.5. The third kappa shape index (κ3) is 35.0. The van der Waals surface area contributed by atoms with E-state index < -0.39 is 20.9 Å². The zero-order valence-electron chi connectivity index (χ0n) is 49.1. The summed E-state index contributed by atoms with van der Waals surface area (Å²) in [6, 6.07) is 69.4. The van der Waals surface area contributed by atoms with E-state index in [1.807, 2.05) is 140 Å². The average Bonchev–Trinajstić information content (AvgIpc) is 3.55. The first-order valence-corrected chi connectivity index (χ1v) is 32.1. The molecule has 2 N–H and O–H groups in total. The number of phenolic OH excluding ortho intramolecular Hbond substituents is 1. The van der Waals surface area contributed by atoms with Crippen molar-refractivity contribution in [2.24, 2.45) is 0 Å². The Bertz CT molecular complexity index is 3550. The first kappa shape index (κ1) is 83.0. The zero-order valence-corrected chi connectivity index (χ0v) is 58.0. The Hall–Kier alpha value is -6.00. The summed E-state index contributed by atoms with van der Waals surface area (Å²) in [6.07, 6.45) is 0.653. The summed E-state index contributed by atoms with van der Waals surface area (Å²) in [4.78, 5) is 10.7. The second-order valence-corrected chi connectivity index (χ2v) is 22.7. The summed E-state index contributed by atoms with van der Waals surface area (Å²) in [7, 11) is 7.36. The van der Waals surface area contributed by atoms with E-state index in [9.17, 15) is 26.7 Å². The van der Waals surface area contributed by atoms with E-state index in [4.69, 9.17) is 45.0 Å². The van der Waals surface area contributed by atoms with E-state index >= 15 is 0 Å². The Labute approximate surface area is 595 Å². The number of hydrogen-bond donors (Lipinski definition) is 2. The fourth-order valence-electron chi connectivity index (χ4n) is 6.88. The van der Waals surface area contributed by atoms with Crippen LogP contribution in [0.25, 0.3) is 0 Å². The van der Waals surface area contributed by atoms with Crippen molar-refractivity contribution in [3.8, 4) is 28.7 Å². The van der Waals surface area contributed by atoms with Gasteiger partial charge in [0.1, 0.15) is 84.3 Å². The summed E-state index contributed by atoms with van der Waals surface area (Å²) >= 11 is 15.4. The minimum Gasteiger partial charge on any atom is -1.00 e. The van der Waals surface area contributed by atoms with Crippen molar-refractivity contribution in [1.82, 2.24) is 0 Å². The Kier molecular flexibility index (Phi) is 44.4. The third-order valence-electron chi connectivity index (χ3n) is 11.2. The number of ether oxygens (including phenoxy) is 4. The molecule has 10 aromatic rings.